The molecule has 98 valence electrons. The third-order valence-corrected chi connectivity index (χ3v) is 5.01. The van der Waals surface area contributed by atoms with Crippen LogP contribution in [0.1, 0.15) is 52.9 Å². The molecule has 1 saturated carbocycles. The van der Waals surface area contributed by atoms with Gasteiger partial charge < -0.3 is 10.6 Å². The highest BCUT2D eigenvalue weighted by Gasteiger charge is 2.43. The number of carbonyl (C=O) groups excluding carboxylic acids is 1. The van der Waals surface area contributed by atoms with Crippen molar-refractivity contribution in [1.82, 2.24) is 10.6 Å². The zero-order valence-corrected chi connectivity index (χ0v) is 11.4. The molecule has 3 heteroatoms. The lowest BCUT2D eigenvalue weighted by molar-refractivity contribution is -0.125. The third kappa shape index (κ3) is 2.49. The lowest BCUT2D eigenvalue weighted by atomic mass is 9.91. The molecule has 0 spiro atoms. The van der Waals surface area contributed by atoms with Crippen LogP contribution in [0, 0.1) is 11.8 Å². The lowest BCUT2D eigenvalue weighted by Gasteiger charge is -2.31. The van der Waals surface area contributed by atoms with Crippen LogP contribution in [0.15, 0.2) is 0 Å². The molecular formula is C14H26N2O. The van der Waals surface area contributed by atoms with Crippen LogP contribution in [0.3, 0.4) is 0 Å². The Morgan fingerprint density at radius 3 is 2.71 bits per heavy atom. The van der Waals surface area contributed by atoms with Crippen LogP contribution in [0.25, 0.3) is 0 Å². The summed E-state index contributed by atoms with van der Waals surface area (Å²) in [6, 6.07) is 0.0694. The smallest absolute Gasteiger partial charge is 0.237 e. The molecule has 2 aliphatic rings. The minimum absolute atomic E-state index is 0.0323. The first kappa shape index (κ1) is 12.9. The van der Waals surface area contributed by atoms with Gasteiger partial charge in [0.15, 0.2) is 0 Å². The molecule has 0 aromatic carbocycles. The monoisotopic (exact) mass is 238 g/mol. The van der Waals surface area contributed by atoms with Gasteiger partial charge in [-0.1, -0.05) is 20.3 Å². The van der Waals surface area contributed by atoms with E-state index in [1.165, 1.54) is 19.3 Å². The van der Waals surface area contributed by atoms with E-state index in [1.807, 2.05) is 0 Å². The highest BCUT2D eigenvalue weighted by molar-refractivity contribution is 5.83. The van der Waals surface area contributed by atoms with E-state index < -0.39 is 0 Å². The van der Waals surface area contributed by atoms with Crippen LogP contribution < -0.4 is 10.6 Å². The Labute approximate surface area is 105 Å². The van der Waals surface area contributed by atoms with E-state index in [0.29, 0.717) is 5.92 Å². The average molecular weight is 238 g/mol. The zero-order valence-electron chi connectivity index (χ0n) is 11.4. The summed E-state index contributed by atoms with van der Waals surface area (Å²) in [4.78, 5) is 12.3. The number of amides is 1. The maximum Gasteiger partial charge on any atom is 0.237 e. The molecule has 0 radical (unpaired) electrons. The number of fused-ring (bicyclic) bond motifs is 1. The fourth-order valence-corrected chi connectivity index (χ4v) is 3.28. The first-order valence-electron chi connectivity index (χ1n) is 7.15. The van der Waals surface area contributed by atoms with Crippen LogP contribution in [0.5, 0.6) is 0 Å². The van der Waals surface area contributed by atoms with Gasteiger partial charge in [-0.25, -0.2) is 0 Å². The maximum absolute atomic E-state index is 12.3. The number of carbonyl (C=O) groups is 1. The normalized spacial score (nSPS) is 32.5. The van der Waals surface area contributed by atoms with Gasteiger partial charge in [0, 0.05) is 5.54 Å². The van der Waals surface area contributed by atoms with Crippen molar-refractivity contribution in [1.29, 1.82) is 0 Å². The molecule has 3 unspecified atom stereocenters. The summed E-state index contributed by atoms with van der Waals surface area (Å²) in [6.07, 6.45) is 5.83. The molecule has 17 heavy (non-hydrogen) atoms. The molecule has 1 aliphatic carbocycles. The van der Waals surface area contributed by atoms with Crippen molar-refractivity contribution < 1.29 is 4.79 Å². The molecule has 3 nitrogen and oxygen atoms in total. The molecule has 1 heterocycles. The quantitative estimate of drug-likeness (QED) is 0.787. The number of hydrogen-bond donors (Lipinski definition) is 2. The second kappa shape index (κ2) is 4.97. The van der Waals surface area contributed by atoms with E-state index in [1.54, 1.807) is 0 Å². The largest absolute Gasteiger partial charge is 0.350 e. The number of nitrogens with one attached hydrogen (secondary N) is 2. The van der Waals surface area contributed by atoms with Gasteiger partial charge >= 0.3 is 0 Å². The van der Waals surface area contributed by atoms with E-state index in [-0.39, 0.29) is 17.5 Å². The van der Waals surface area contributed by atoms with E-state index in [4.69, 9.17) is 0 Å². The van der Waals surface area contributed by atoms with Crippen molar-refractivity contribution in [2.75, 3.05) is 6.54 Å². The highest BCUT2D eigenvalue weighted by atomic mass is 16.2. The molecule has 1 saturated heterocycles. The molecule has 1 amide bonds. The Hall–Kier alpha value is -0.570. The summed E-state index contributed by atoms with van der Waals surface area (Å²) in [6.45, 7) is 7.47. The Bertz CT molecular complexity index is 286. The molecule has 1 aliphatic heterocycles. The van der Waals surface area contributed by atoms with Crippen LogP contribution in [-0.4, -0.2) is 24.0 Å². The van der Waals surface area contributed by atoms with Crippen LogP contribution >= 0.6 is 0 Å². The Balaban J connectivity index is 1.96. The van der Waals surface area contributed by atoms with Crippen molar-refractivity contribution >= 4 is 5.91 Å². The fraction of sp³-hybridized carbons (Fsp3) is 0.929. The molecule has 0 aromatic rings. The third-order valence-electron chi connectivity index (χ3n) is 5.01. The Kier molecular flexibility index (Phi) is 3.76. The average Bonchev–Trinajstić information content (AvgIpc) is 2.90. The molecule has 2 N–H and O–H groups in total. The molecular weight excluding hydrogens is 212 g/mol. The molecule has 0 bridgehead atoms. The van der Waals surface area contributed by atoms with Gasteiger partial charge in [-0.05, 0) is 51.0 Å². The second-order valence-corrected chi connectivity index (χ2v) is 6.00. The van der Waals surface area contributed by atoms with E-state index >= 15 is 0 Å². The van der Waals surface area contributed by atoms with Crippen molar-refractivity contribution in [2.24, 2.45) is 11.8 Å². The SMILES string of the molecule is CCC(C)(CC)NC(=O)C1NCC2CCCC21. The summed E-state index contributed by atoms with van der Waals surface area (Å²) in [7, 11) is 0. The minimum atomic E-state index is -0.0323. The van der Waals surface area contributed by atoms with Crippen molar-refractivity contribution in [3.63, 3.8) is 0 Å². The van der Waals surface area contributed by atoms with Crippen molar-refractivity contribution in [3.8, 4) is 0 Å². The maximum atomic E-state index is 12.3. The van der Waals surface area contributed by atoms with E-state index in [9.17, 15) is 4.79 Å². The highest BCUT2D eigenvalue weighted by Crippen LogP contribution is 2.37. The lowest BCUT2D eigenvalue weighted by Crippen LogP contribution is -2.52. The predicted molar refractivity (Wildman–Crippen MR) is 69.8 cm³/mol. The Morgan fingerprint density at radius 2 is 2.06 bits per heavy atom. The zero-order chi connectivity index (χ0) is 12.5. The summed E-state index contributed by atoms with van der Waals surface area (Å²) in [5.74, 6) is 1.57. The van der Waals surface area contributed by atoms with Gasteiger partial charge in [-0.15, -0.1) is 0 Å². The summed E-state index contributed by atoms with van der Waals surface area (Å²) < 4.78 is 0. The van der Waals surface area contributed by atoms with Gasteiger partial charge in [0.05, 0.1) is 6.04 Å². The number of rotatable bonds is 4. The Morgan fingerprint density at radius 1 is 1.35 bits per heavy atom. The standard InChI is InChI=1S/C14H26N2O/c1-4-14(3,5-2)16-13(17)12-11-8-6-7-10(11)9-15-12/h10-12,15H,4-9H2,1-3H3,(H,16,17). The minimum Gasteiger partial charge on any atom is -0.350 e. The molecule has 0 aromatic heterocycles. The molecule has 3 atom stereocenters. The van der Waals surface area contributed by atoms with Crippen LogP contribution in [-0.2, 0) is 4.79 Å². The van der Waals surface area contributed by atoms with Crippen molar-refractivity contribution in [3.05, 3.63) is 0 Å². The first-order chi connectivity index (χ1) is 8.09. The van der Waals surface area contributed by atoms with Crippen molar-refractivity contribution in [2.45, 2.75) is 64.5 Å². The van der Waals surface area contributed by atoms with Gasteiger partial charge in [-0.3, -0.25) is 4.79 Å². The van der Waals surface area contributed by atoms with Gasteiger partial charge in [0.1, 0.15) is 0 Å². The second-order valence-electron chi connectivity index (χ2n) is 6.00. The van der Waals surface area contributed by atoms with Gasteiger partial charge in [-0.2, -0.15) is 0 Å². The van der Waals surface area contributed by atoms with Gasteiger partial charge in [0.2, 0.25) is 5.91 Å². The summed E-state index contributed by atoms with van der Waals surface area (Å²) in [5, 5.41) is 6.66. The predicted octanol–water partition coefficient (Wildman–Crippen LogP) is 2.07. The van der Waals surface area contributed by atoms with E-state index in [2.05, 4.69) is 31.4 Å². The first-order valence-corrected chi connectivity index (χ1v) is 7.15. The van der Waals surface area contributed by atoms with Gasteiger partial charge in [0.25, 0.3) is 0 Å². The van der Waals surface area contributed by atoms with Crippen LogP contribution in [0.4, 0.5) is 0 Å². The van der Waals surface area contributed by atoms with Crippen LogP contribution in [0.2, 0.25) is 0 Å². The summed E-state index contributed by atoms with van der Waals surface area (Å²) >= 11 is 0. The summed E-state index contributed by atoms with van der Waals surface area (Å²) in [5.41, 5.74) is -0.0323. The molecule has 2 rings (SSSR count). The number of hydrogen-bond acceptors (Lipinski definition) is 2. The molecule has 2 fully saturated rings. The fourth-order valence-electron chi connectivity index (χ4n) is 3.28. The van der Waals surface area contributed by atoms with E-state index in [0.717, 1.165) is 25.3 Å². The topological polar surface area (TPSA) is 41.1 Å².